The van der Waals surface area contributed by atoms with Crippen molar-refractivity contribution in [2.24, 2.45) is 5.10 Å². The molecular formula is C13H17N3O3. The molecule has 0 saturated carbocycles. The van der Waals surface area contributed by atoms with Crippen molar-refractivity contribution in [1.82, 2.24) is 10.3 Å². The number of hydrogen-bond acceptors (Lipinski definition) is 4. The van der Waals surface area contributed by atoms with Crippen molar-refractivity contribution in [3.63, 3.8) is 0 Å². The zero-order valence-corrected chi connectivity index (χ0v) is 10.7. The van der Waals surface area contributed by atoms with E-state index in [2.05, 4.69) is 10.5 Å². The van der Waals surface area contributed by atoms with Crippen molar-refractivity contribution in [2.75, 3.05) is 13.1 Å². The van der Waals surface area contributed by atoms with Crippen molar-refractivity contribution >= 4 is 18.0 Å². The van der Waals surface area contributed by atoms with Gasteiger partial charge in [0.1, 0.15) is 5.76 Å². The van der Waals surface area contributed by atoms with Crippen LogP contribution < -0.4 is 5.43 Å². The highest BCUT2D eigenvalue weighted by atomic mass is 16.3. The van der Waals surface area contributed by atoms with Gasteiger partial charge in [-0.3, -0.25) is 9.59 Å². The molecule has 1 aromatic heterocycles. The quantitative estimate of drug-likeness (QED) is 0.494. The molecule has 1 aliphatic rings. The first-order valence-electron chi connectivity index (χ1n) is 6.43. The Morgan fingerprint density at radius 3 is 2.63 bits per heavy atom. The number of rotatable bonds is 2. The SMILES string of the molecule is O=C(NN=Cc1ccco1)C(=O)N1CCCCCC1. The standard InChI is InChI=1S/C13H17N3O3/c17-12(15-14-10-11-6-5-9-19-11)13(18)16-7-3-1-2-4-8-16/h5-6,9-10H,1-4,7-8H2,(H,15,17). The maximum Gasteiger partial charge on any atom is 0.329 e. The second kappa shape index (κ2) is 6.72. The second-order valence-corrected chi connectivity index (χ2v) is 4.42. The molecule has 0 radical (unpaired) electrons. The van der Waals surface area contributed by atoms with E-state index in [1.54, 1.807) is 17.0 Å². The van der Waals surface area contributed by atoms with Crippen molar-refractivity contribution in [3.8, 4) is 0 Å². The third kappa shape index (κ3) is 3.94. The van der Waals surface area contributed by atoms with E-state index in [0.717, 1.165) is 25.7 Å². The molecule has 0 spiro atoms. The van der Waals surface area contributed by atoms with Gasteiger partial charge in [0.05, 0.1) is 12.5 Å². The molecule has 1 saturated heterocycles. The van der Waals surface area contributed by atoms with E-state index in [4.69, 9.17) is 4.42 Å². The lowest BCUT2D eigenvalue weighted by Gasteiger charge is -2.18. The van der Waals surface area contributed by atoms with Gasteiger partial charge in [0, 0.05) is 13.1 Å². The smallest absolute Gasteiger partial charge is 0.329 e. The Hall–Kier alpha value is -2.11. The van der Waals surface area contributed by atoms with Crippen LogP contribution in [0, 0.1) is 0 Å². The van der Waals surface area contributed by atoms with Crippen LogP contribution in [0.25, 0.3) is 0 Å². The number of likely N-dealkylation sites (tertiary alicyclic amines) is 1. The van der Waals surface area contributed by atoms with Crippen molar-refractivity contribution in [2.45, 2.75) is 25.7 Å². The minimum atomic E-state index is -0.704. The molecule has 102 valence electrons. The molecule has 0 aliphatic carbocycles. The van der Waals surface area contributed by atoms with Gasteiger partial charge in [0.15, 0.2) is 0 Å². The van der Waals surface area contributed by atoms with E-state index in [9.17, 15) is 9.59 Å². The number of hydrogen-bond donors (Lipinski definition) is 1. The number of amides is 2. The first kappa shape index (κ1) is 13.3. The van der Waals surface area contributed by atoms with Gasteiger partial charge >= 0.3 is 11.8 Å². The normalized spacial score (nSPS) is 16.3. The Kier molecular flexibility index (Phi) is 4.72. The maximum atomic E-state index is 11.9. The third-order valence-electron chi connectivity index (χ3n) is 2.99. The van der Waals surface area contributed by atoms with Gasteiger partial charge in [-0.05, 0) is 25.0 Å². The lowest BCUT2D eigenvalue weighted by Crippen LogP contribution is -2.41. The predicted molar refractivity (Wildman–Crippen MR) is 69.5 cm³/mol. The Labute approximate surface area is 111 Å². The average Bonchev–Trinajstić information content (AvgIpc) is 2.78. The molecule has 6 heteroatoms. The van der Waals surface area contributed by atoms with E-state index in [-0.39, 0.29) is 0 Å². The van der Waals surface area contributed by atoms with Crippen molar-refractivity contribution < 1.29 is 14.0 Å². The summed E-state index contributed by atoms with van der Waals surface area (Å²) >= 11 is 0. The van der Waals surface area contributed by atoms with E-state index in [0.29, 0.717) is 18.8 Å². The van der Waals surface area contributed by atoms with Crippen LogP contribution in [-0.4, -0.2) is 36.0 Å². The first-order chi connectivity index (χ1) is 9.27. The molecule has 0 atom stereocenters. The van der Waals surface area contributed by atoms with Gasteiger partial charge in [-0.1, -0.05) is 12.8 Å². The van der Waals surface area contributed by atoms with E-state index < -0.39 is 11.8 Å². The van der Waals surface area contributed by atoms with Gasteiger partial charge in [-0.2, -0.15) is 5.10 Å². The number of carbonyl (C=O) groups is 2. The zero-order chi connectivity index (χ0) is 13.5. The van der Waals surface area contributed by atoms with Gasteiger partial charge in [0.25, 0.3) is 0 Å². The summed E-state index contributed by atoms with van der Waals surface area (Å²) in [4.78, 5) is 25.1. The van der Waals surface area contributed by atoms with Gasteiger partial charge in [0.2, 0.25) is 0 Å². The lowest BCUT2D eigenvalue weighted by molar-refractivity contribution is -0.145. The monoisotopic (exact) mass is 263 g/mol. The molecule has 0 bridgehead atoms. The molecule has 1 aromatic rings. The van der Waals surface area contributed by atoms with Crippen LogP contribution in [0.5, 0.6) is 0 Å². The summed E-state index contributed by atoms with van der Waals surface area (Å²) in [7, 11) is 0. The fraction of sp³-hybridized carbons (Fsp3) is 0.462. The van der Waals surface area contributed by atoms with Gasteiger partial charge in [-0.15, -0.1) is 0 Å². The minimum absolute atomic E-state index is 0.515. The molecular weight excluding hydrogens is 246 g/mol. The fourth-order valence-electron chi connectivity index (χ4n) is 1.98. The summed E-state index contributed by atoms with van der Waals surface area (Å²) in [6.07, 6.45) is 6.99. The molecule has 0 unspecified atom stereocenters. The highest BCUT2D eigenvalue weighted by Crippen LogP contribution is 2.09. The van der Waals surface area contributed by atoms with Crippen LogP contribution in [-0.2, 0) is 9.59 Å². The lowest BCUT2D eigenvalue weighted by atomic mass is 10.2. The Morgan fingerprint density at radius 1 is 1.26 bits per heavy atom. The van der Waals surface area contributed by atoms with Crippen LogP contribution in [0.4, 0.5) is 0 Å². The van der Waals surface area contributed by atoms with Crippen molar-refractivity contribution in [1.29, 1.82) is 0 Å². The number of nitrogens with zero attached hydrogens (tertiary/aromatic N) is 2. The third-order valence-corrected chi connectivity index (χ3v) is 2.99. The fourth-order valence-corrected chi connectivity index (χ4v) is 1.98. The van der Waals surface area contributed by atoms with Crippen LogP contribution >= 0.6 is 0 Å². The van der Waals surface area contributed by atoms with E-state index in [1.165, 1.54) is 12.5 Å². The summed E-state index contributed by atoms with van der Waals surface area (Å²) in [5, 5.41) is 3.69. The molecule has 6 nitrogen and oxygen atoms in total. The number of hydrazone groups is 1. The van der Waals surface area contributed by atoms with Crippen LogP contribution in [0.1, 0.15) is 31.4 Å². The zero-order valence-electron chi connectivity index (χ0n) is 10.7. The van der Waals surface area contributed by atoms with Crippen LogP contribution in [0.15, 0.2) is 27.9 Å². The highest BCUT2D eigenvalue weighted by molar-refractivity contribution is 6.35. The Balaban J connectivity index is 1.83. The van der Waals surface area contributed by atoms with Gasteiger partial charge in [-0.25, -0.2) is 5.43 Å². The molecule has 1 N–H and O–H groups in total. The van der Waals surface area contributed by atoms with Gasteiger partial charge < -0.3 is 9.32 Å². The first-order valence-corrected chi connectivity index (χ1v) is 6.43. The van der Waals surface area contributed by atoms with E-state index in [1.807, 2.05) is 0 Å². The highest BCUT2D eigenvalue weighted by Gasteiger charge is 2.22. The number of nitrogens with one attached hydrogen (secondary N) is 1. The Morgan fingerprint density at radius 2 is 2.00 bits per heavy atom. The molecule has 0 aromatic carbocycles. The number of furan rings is 1. The summed E-state index contributed by atoms with van der Waals surface area (Å²) in [5.74, 6) is -0.703. The molecule has 1 fully saturated rings. The number of carbonyl (C=O) groups excluding carboxylic acids is 2. The molecule has 2 rings (SSSR count). The topological polar surface area (TPSA) is 74.9 Å². The van der Waals surface area contributed by atoms with Crippen LogP contribution in [0.2, 0.25) is 0 Å². The Bertz CT molecular complexity index is 446. The average molecular weight is 263 g/mol. The van der Waals surface area contributed by atoms with E-state index >= 15 is 0 Å². The summed E-state index contributed by atoms with van der Waals surface area (Å²) < 4.78 is 5.01. The van der Waals surface area contributed by atoms with Crippen molar-refractivity contribution in [3.05, 3.63) is 24.2 Å². The molecule has 19 heavy (non-hydrogen) atoms. The minimum Gasteiger partial charge on any atom is -0.463 e. The maximum absolute atomic E-state index is 11.9. The van der Waals surface area contributed by atoms with Crippen LogP contribution in [0.3, 0.4) is 0 Å². The molecule has 2 heterocycles. The summed E-state index contributed by atoms with van der Waals surface area (Å²) in [6, 6.07) is 3.41. The molecule has 2 amide bonds. The predicted octanol–water partition coefficient (Wildman–Crippen LogP) is 1.13. The second-order valence-electron chi connectivity index (χ2n) is 4.42. The summed E-state index contributed by atoms with van der Waals surface area (Å²) in [5.41, 5.74) is 2.22. The summed E-state index contributed by atoms with van der Waals surface area (Å²) in [6.45, 7) is 1.29. The largest absolute Gasteiger partial charge is 0.463 e. The molecule has 1 aliphatic heterocycles.